The fourth-order valence-corrected chi connectivity index (χ4v) is 14.0. The van der Waals surface area contributed by atoms with E-state index in [1.807, 2.05) is 57.3 Å². The van der Waals surface area contributed by atoms with Crippen molar-refractivity contribution in [3.8, 4) is 18.2 Å². The van der Waals surface area contributed by atoms with Gasteiger partial charge in [0.15, 0.2) is 12.2 Å². The third-order valence-corrected chi connectivity index (χ3v) is 19.9. The van der Waals surface area contributed by atoms with Gasteiger partial charge in [-0.2, -0.15) is 15.8 Å². The molecule has 5 amide bonds. The molecule has 0 saturated carbocycles. The van der Waals surface area contributed by atoms with Crippen LogP contribution < -0.4 is 36.0 Å². The molecule has 6 aliphatic heterocycles. The molecule has 6 aliphatic rings. The maximum atomic E-state index is 13.5. The molecule has 32 nitrogen and oxygen atoms in total. The number of carbonyl (C=O) groups excluding carboxylic acids is 9. The Bertz CT molecular complexity index is 4610. The second kappa shape index (κ2) is 44.1. The van der Waals surface area contributed by atoms with E-state index in [-0.39, 0.29) is 105 Å². The lowest BCUT2D eigenvalue weighted by Gasteiger charge is -2.34. The number of aromatic nitrogens is 3. The van der Waals surface area contributed by atoms with E-state index < -0.39 is 113 Å². The van der Waals surface area contributed by atoms with Gasteiger partial charge in [-0.15, -0.1) is 24.8 Å². The summed E-state index contributed by atoms with van der Waals surface area (Å²) in [5.74, 6) is -10.1. The third-order valence-electron chi connectivity index (χ3n) is 19.9. The third kappa shape index (κ3) is 25.7. The van der Waals surface area contributed by atoms with Crippen molar-refractivity contribution in [2.75, 3.05) is 73.6 Å². The van der Waals surface area contributed by atoms with Crippen molar-refractivity contribution in [1.29, 1.82) is 15.8 Å². The van der Waals surface area contributed by atoms with E-state index >= 15 is 0 Å². The van der Waals surface area contributed by atoms with Crippen molar-refractivity contribution in [3.05, 3.63) is 178 Å². The van der Waals surface area contributed by atoms with E-state index in [1.165, 1.54) is 57.5 Å². The second-order valence-corrected chi connectivity index (χ2v) is 28.0. The van der Waals surface area contributed by atoms with Crippen LogP contribution in [0.1, 0.15) is 117 Å². The number of carbonyl (C=O) groups is 10. The number of carboxylic acids is 1. The Labute approximate surface area is 684 Å². The zero-order valence-corrected chi connectivity index (χ0v) is 66.0. The maximum Gasteiger partial charge on any atom is 0.349 e. The van der Waals surface area contributed by atoms with Gasteiger partial charge in [0.2, 0.25) is 24.4 Å². The molecule has 3 saturated heterocycles. The Hall–Kier alpha value is -12.1. The summed E-state index contributed by atoms with van der Waals surface area (Å²) in [4.78, 5) is 143. The van der Waals surface area contributed by atoms with Crippen LogP contribution in [0.25, 0.3) is 0 Å². The smallest absolute Gasteiger partial charge is 0.349 e. The number of rotatable bonds is 22. The predicted molar refractivity (Wildman–Crippen MR) is 415 cm³/mol. The fraction of sp³-hybridized carbons (Fsp3) is 0.425. The first-order chi connectivity index (χ1) is 55.1. The van der Waals surface area contributed by atoms with Crippen molar-refractivity contribution >= 4 is 101 Å². The van der Waals surface area contributed by atoms with Gasteiger partial charge in [0, 0.05) is 131 Å². The molecule has 7 N–H and O–H groups in total. The summed E-state index contributed by atoms with van der Waals surface area (Å²) < 4.78 is 60.2. The molecule has 3 aromatic heterocycles. The van der Waals surface area contributed by atoms with Crippen molar-refractivity contribution in [3.63, 3.8) is 0 Å². The summed E-state index contributed by atoms with van der Waals surface area (Å²) >= 11 is 0. The number of aliphatic carboxylic acids is 1. The molecule has 37 heteroatoms. The zero-order valence-electron chi connectivity index (χ0n) is 64.4. The average molecular weight is 1660 g/mol. The van der Waals surface area contributed by atoms with Crippen molar-refractivity contribution in [1.82, 2.24) is 46.0 Å². The van der Waals surface area contributed by atoms with E-state index in [0.29, 0.717) is 87.7 Å². The number of anilines is 3. The molecule has 622 valence electrons. The normalized spacial score (nSPS) is 16.2. The van der Waals surface area contributed by atoms with Crippen LogP contribution in [0.3, 0.4) is 0 Å². The number of benzene rings is 3. The molecular formula is C80H90Cl2F3N15O17. The molecule has 2 unspecified atom stereocenters. The predicted octanol–water partition coefficient (Wildman–Crippen LogP) is 5.03. The second-order valence-electron chi connectivity index (χ2n) is 28.0. The minimum absolute atomic E-state index is 0. The molecule has 0 radical (unpaired) electrons. The number of aliphatic hydroxyl groups excluding tert-OH is 2. The lowest BCUT2D eigenvalue weighted by Crippen LogP contribution is -2.54. The number of nitrogens with zero attached hydrogens (tertiary/aromatic N) is 11. The van der Waals surface area contributed by atoms with Crippen molar-refractivity contribution in [2.24, 2.45) is 17.8 Å². The van der Waals surface area contributed by atoms with Crippen molar-refractivity contribution < 1.29 is 95.4 Å². The number of aliphatic hydroxyl groups is 2. The first-order valence-corrected chi connectivity index (χ1v) is 37.1. The van der Waals surface area contributed by atoms with Crippen LogP contribution in [0.5, 0.6) is 0 Å². The molecule has 117 heavy (non-hydrogen) atoms. The highest BCUT2D eigenvalue weighted by atomic mass is 35.5. The van der Waals surface area contributed by atoms with Crippen molar-refractivity contribution in [2.45, 2.75) is 142 Å². The number of carboxylic acid groups (broad SMARTS) is 1. The SMILES string of the molecule is CC(=O)OC(C(=O)N1Cc2cccnc2C1)[C@@H](OC(C)=O)C(=O)NCC1CCN(c2ccc(F)cc2C#N)CC1.CC(=O)OC(C(=O)O)[C@@H](OC(C)=O)C(=O)NCC1CCN(c2ccc(F)cc2C#N)CC1.Cl.Cl.N#Cc1cc(F)ccc1N1CCC(CNC(=O)[C@H](O)[C@@H](O)C(=O)N2Cc3cccnc3C2)CC1.c1cnc2c(c1)CNC2. The highest BCUT2D eigenvalue weighted by molar-refractivity contribution is 5.94. The van der Waals surface area contributed by atoms with E-state index in [0.717, 1.165) is 70.4 Å². The lowest BCUT2D eigenvalue weighted by molar-refractivity contribution is -0.180. The molecule has 6 atom stereocenters. The number of pyridine rings is 3. The monoisotopic (exact) mass is 1660 g/mol. The molecule has 9 heterocycles. The van der Waals surface area contributed by atoms with Gasteiger partial charge in [0.05, 0.1) is 63.9 Å². The molecule has 3 fully saturated rings. The van der Waals surface area contributed by atoms with Gasteiger partial charge in [-0.05, 0) is 146 Å². The van der Waals surface area contributed by atoms with Crippen LogP contribution in [0.2, 0.25) is 0 Å². The first kappa shape index (κ1) is 92.1. The fourth-order valence-electron chi connectivity index (χ4n) is 14.0. The standard InChI is InChI=1S/C28H30FN5O6.C24H26FN5O4.C21H24FN3O7.C7H8N2.2ClH/c1-17(35)39-25(26(40-18(2)36)28(38)34-15-20-4-3-9-31-23(20)16-34)27(37)32-14-19-7-10-33(11-8-19)24-6-5-22(29)12-21(24)13-30;25-18-3-4-20(17(10-18)11-26)29-8-5-15(6-9-29)12-28-23(33)21(31)22(32)24(34)30-13-16-2-1-7-27-19(16)14-30;1-12(26)31-18(19(21(29)30)32-13(2)27)20(28)24-11-14-5-7-25(8-6-14)17-4-3-16(22)9-15(17)10-23;1-2-6-4-8-5-7(6)9-3-1;;/h3-6,9,12,19,25-26H,7-8,10-11,14-16H2,1-2H3,(H,32,37);1-4,7,10,15,21-22,31-32H,5-6,8-9,12-14H2,(H,28,33);3-4,9,14,18-19H,5-8,11H2,1-2H3,(H,24,28)(H,29,30);1-3,8H,4-5H2;2*1H/t25-,26?;21-,22-;18-,19?;;;/m111.../s1. The van der Waals surface area contributed by atoms with E-state index in [9.17, 15) is 92.2 Å². The Morgan fingerprint density at radius 1 is 0.453 bits per heavy atom. The van der Waals surface area contributed by atoms with E-state index in [4.69, 9.17) is 14.2 Å². The van der Waals surface area contributed by atoms with Gasteiger partial charge in [-0.25, -0.2) is 18.0 Å². The minimum Gasteiger partial charge on any atom is -0.478 e. The number of piperidine rings is 3. The van der Waals surface area contributed by atoms with Gasteiger partial charge in [0.1, 0.15) is 35.7 Å². The molecule has 3 aromatic carbocycles. The molecule has 12 rings (SSSR count). The number of halogens is 5. The number of fused-ring (bicyclic) bond motifs is 3. The van der Waals surface area contributed by atoms with Crippen LogP contribution in [-0.4, -0.2) is 195 Å². The van der Waals surface area contributed by atoms with Gasteiger partial charge in [-0.3, -0.25) is 58.1 Å². The zero-order chi connectivity index (χ0) is 83.0. The average Bonchev–Trinajstić information content (AvgIpc) is 1.45. The molecule has 0 spiro atoms. The van der Waals surface area contributed by atoms with E-state index in [2.05, 4.69) is 47.0 Å². The first-order valence-electron chi connectivity index (χ1n) is 37.1. The number of hydrogen-bond acceptors (Lipinski definition) is 26. The van der Waals surface area contributed by atoms with Crippen LogP contribution >= 0.6 is 24.8 Å². The molecule has 6 aromatic rings. The topological polar surface area (TPSA) is 443 Å². The Morgan fingerprint density at radius 3 is 1.14 bits per heavy atom. The quantitative estimate of drug-likeness (QED) is 0.0346. The maximum absolute atomic E-state index is 13.5. The summed E-state index contributed by atoms with van der Waals surface area (Å²) in [6.45, 7) is 11.3. The Kier molecular flexibility index (Phi) is 34.8. The van der Waals surface area contributed by atoms with Crippen LogP contribution in [0.4, 0.5) is 30.2 Å². The van der Waals surface area contributed by atoms with Crippen LogP contribution in [0.15, 0.2) is 110 Å². The van der Waals surface area contributed by atoms with Crippen LogP contribution in [0, 0.1) is 69.2 Å². The number of amides is 5. The minimum atomic E-state index is -1.97. The molecule has 0 aliphatic carbocycles. The molecule has 0 bridgehead atoms. The van der Waals surface area contributed by atoms with E-state index in [1.54, 1.807) is 42.7 Å². The molecular weight excluding hydrogens is 1570 g/mol. The number of nitrogens with one attached hydrogen (secondary N) is 4. The lowest BCUT2D eigenvalue weighted by atomic mass is 9.95. The van der Waals surface area contributed by atoms with Gasteiger partial charge in [-0.1, -0.05) is 18.2 Å². The number of esters is 4. The Balaban J connectivity index is 0.000000228. The summed E-state index contributed by atoms with van der Waals surface area (Å²) in [6.07, 6.45) is -1.73. The van der Waals surface area contributed by atoms with Gasteiger partial charge in [0.25, 0.3) is 29.5 Å². The van der Waals surface area contributed by atoms with Gasteiger partial charge < -0.3 is 80.0 Å². The number of ether oxygens (including phenoxy) is 4. The number of hydrogen-bond donors (Lipinski definition) is 7. The highest BCUT2D eigenvalue weighted by Crippen LogP contribution is 2.32. The number of nitriles is 3. The Morgan fingerprint density at radius 2 is 0.786 bits per heavy atom. The summed E-state index contributed by atoms with van der Waals surface area (Å²) in [5.41, 5.74) is 8.44. The summed E-state index contributed by atoms with van der Waals surface area (Å²) in [7, 11) is 0. The summed E-state index contributed by atoms with van der Waals surface area (Å²) in [5, 5.41) is 68.8. The van der Waals surface area contributed by atoms with Gasteiger partial charge >= 0.3 is 29.8 Å². The summed E-state index contributed by atoms with van der Waals surface area (Å²) in [6, 6.07) is 29.6. The van der Waals surface area contributed by atoms with Crippen LogP contribution in [-0.2, 0) is 106 Å². The highest BCUT2D eigenvalue weighted by Gasteiger charge is 2.44. The largest absolute Gasteiger partial charge is 0.478 e.